The van der Waals surface area contributed by atoms with Crippen LogP contribution in [0.5, 0.6) is 0 Å². The van der Waals surface area contributed by atoms with Gasteiger partial charge < -0.3 is 0 Å². The molecular formula is C19H16F3N5O3S. The maximum absolute atomic E-state index is 13.5. The third kappa shape index (κ3) is 3.69. The minimum Gasteiger partial charge on any atom is -0.286 e. The van der Waals surface area contributed by atoms with Crippen molar-refractivity contribution >= 4 is 15.5 Å². The topological polar surface area (TPSA) is 110 Å². The molecule has 0 atom stereocenters. The summed E-state index contributed by atoms with van der Waals surface area (Å²) in [5, 5.41) is 8.88. The molecule has 3 aromatic heterocycles. The van der Waals surface area contributed by atoms with Crippen LogP contribution in [0.2, 0.25) is 0 Å². The number of alkyl halides is 3. The molecule has 3 heterocycles. The van der Waals surface area contributed by atoms with Crippen molar-refractivity contribution in [1.82, 2.24) is 18.9 Å². The Morgan fingerprint density at radius 1 is 1.29 bits per heavy atom. The van der Waals surface area contributed by atoms with Gasteiger partial charge in [-0.1, -0.05) is 6.92 Å². The van der Waals surface area contributed by atoms with Gasteiger partial charge in [0.05, 0.1) is 23.1 Å². The molecule has 1 saturated carbocycles. The van der Waals surface area contributed by atoms with Crippen molar-refractivity contribution in [1.29, 1.82) is 5.26 Å². The van der Waals surface area contributed by atoms with Crippen molar-refractivity contribution in [2.45, 2.75) is 43.3 Å². The van der Waals surface area contributed by atoms with Crippen molar-refractivity contribution < 1.29 is 21.6 Å². The van der Waals surface area contributed by atoms with Gasteiger partial charge in [0.1, 0.15) is 22.7 Å². The normalized spacial score (nSPS) is 14.7. The van der Waals surface area contributed by atoms with Crippen molar-refractivity contribution in [3.8, 4) is 17.5 Å². The number of sulfone groups is 1. The average molecular weight is 451 g/mol. The highest BCUT2D eigenvalue weighted by Crippen LogP contribution is 2.39. The number of fused-ring (bicyclic) bond motifs is 1. The van der Waals surface area contributed by atoms with Crippen LogP contribution in [0.25, 0.3) is 17.0 Å². The van der Waals surface area contributed by atoms with E-state index in [0.717, 1.165) is 10.5 Å². The second-order valence-corrected chi connectivity index (χ2v) is 9.44. The minimum atomic E-state index is -4.75. The van der Waals surface area contributed by atoms with E-state index in [9.17, 15) is 26.4 Å². The van der Waals surface area contributed by atoms with Gasteiger partial charge in [-0.2, -0.15) is 18.4 Å². The van der Waals surface area contributed by atoms with Crippen LogP contribution in [0.15, 0.2) is 34.2 Å². The molecule has 1 aliphatic rings. The van der Waals surface area contributed by atoms with Crippen LogP contribution in [0.4, 0.5) is 13.2 Å². The van der Waals surface area contributed by atoms with E-state index in [4.69, 9.17) is 5.26 Å². The Balaban J connectivity index is 1.97. The smallest absolute Gasteiger partial charge is 0.286 e. The van der Waals surface area contributed by atoms with Gasteiger partial charge >= 0.3 is 11.9 Å². The van der Waals surface area contributed by atoms with Crippen LogP contribution in [0.3, 0.4) is 0 Å². The quantitative estimate of drug-likeness (QED) is 0.590. The van der Waals surface area contributed by atoms with Gasteiger partial charge in [0, 0.05) is 24.5 Å². The van der Waals surface area contributed by atoms with Crippen LogP contribution in [0, 0.1) is 11.3 Å². The summed E-state index contributed by atoms with van der Waals surface area (Å²) in [6.07, 6.45) is -1.37. The van der Waals surface area contributed by atoms with E-state index in [2.05, 4.69) is 9.97 Å². The molecule has 4 rings (SSSR count). The second kappa shape index (κ2) is 7.19. The van der Waals surface area contributed by atoms with Crippen LogP contribution < -0.4 is 5.69 Å². The van der Waals surface area contributed by atoms with E-state index in [0.29, 0.717) is 23.0 Å². The number of hydrogen-bond acceptors (Lipinski definition) is 6. The Hall–Kier alpha value is -3.20. The molecule has 162 valence electrons. The predicted octanol–water partition coefficient (Wildman–Crippen LogP) is 2.77. The van der Waals surface area contributed by atoms with E-state index in [1.165, 1.54) is 25.4 Å². The molecule has 0 amide bonds. The summed E-state index contributed by atoms with van der Waals surface area (Å²) in [5.74, 6) is -0.252. The first-order valence-corrected chi connectivity index (χ1v) is 11.0. The van der Waals surface area contributed by atoms with Gasteiger partial charge in [-0.25, -0.2) is 18.2 Å². The van der Waals surface area contributed by atoms with Crippen molar-refractivity contribution in [3.63, 3.8) is 0 Å². The first-order chi connectivity index (χ1) is 14.6. The molecule has 0 bridgehead atoms. The molecule has 1 aliphatic carbocycles. The number of aromatic nitrogens is 4. The number of nitriles is 1. The zero-order chi connectivity index (χ0) is 22.6. The lowest BCUT2D eigenvalue weighted by molar-refractivity contribution is -0.144. The molecule has 0 radical (unpaired) electrons. The maximum Gasteiger partial charge on any atom is 0.431 e. The van der Waals surface area contributed by atoms with Crippen molar-refractivity contribution in [2.24, 2.45) is 0 Å². The maximum atomic E-state index is 13.5. The number of nitrogens with zero attached hydrogens (tertiary/aromatic N) is 5. The van der Waals surface area contributed by atoms with Crippen LogP contribution in [0.1, 0.15) is 37.1 Å². The van der Waals surface area contributed by atoms with E-state index < -0.39 is 33.4 Å². The third-order valence-corrected chi connectivity index (χ3v) is 6.76. The molecule has 31 heavy (non-hydrogen) atoms. The van der Waals surface area contributed by atoms with E-state index in [1.54, 1.807) is 0 Å². The lowest BCUT2D eigenvalue weighted by Crippen LogP contribution is -2.31. The highest BCUT2D eigenvalue weighted by atomic mass is 32.2. The number of imidazole rings is 1. The molecule has 1 fully saturated rings. The van der Waals surface area contributed by atoms with Gasteiger partial charge in [-0.3, -0.25) is 14.0 Å². The van der Waals surface area contributed by atoms with Gasteiger partial charge in [0.2, 0.25) is 0 Å². The Morgan fingerprint density at radius 2 is 2.00 bits per heavy atom. The van der Waals surface area contributed by atoms with Crippen molar-refractivity contribution in [3.05, 3.63) is 46.3 Å². The first-order valence-electron chi connectivity index (χ1n) is 9.37. The molecule has 3 aromatic rings. The Morgan fingerprint density at radius 3 is 2.58 bits per heavy atom. The summed E-state index contributed by atoms with van der Waals surface area (Å²) >= 11 is 0. The fourth-order valence-corrected chi connectivity index (χ4v) is 4.43. The molecule has 0 aliphatic heterocycles. The predicted molar refractivity (Wildman–Crippen MR) is 103 cm³/mol. The standard InChI is InChI=1S/C19H16F3N5O3S/c1-2-31(29,30)14-7-11(5-6-23)9-24-17(14)13-10-26-16(25-13)8-15(19(20,21)22)27(18(26)28)12-3-4-12/h7-10,12H,2-5H2,1H3. The Labute approximate surface area is 174 Å². The minimum absolute atomic E-state index is 0.0469. The summed E-state index contributed by atoms with van der Waals surface area (Å²) in [6, 6.07) is 3.46. The third-order valence-electron chi connectivity index (χ3n) is 5.02. The van der Waals surface area contributed by atoms with Gasteiger partial charge in [-0.15, -0.1) is 0 Å². The Kier molecular flexibility index (Phi) is 4.88. The van der Waals surface area contributed by atoms with E-state index >= 15 is 0 Å². The second-order valence-electron chi connectivity index (χ2n) is 7.19. The first kappa shape index (κ1) is 21.0. The number of pyridine rings is 1. The number of halogens is 3. The van der Waals surface area contributed by atoms with Gasteiger partial charge in [0.25, 0.3) is 0 Å². The van der Waals surface area contributed by atoms with Crippen molar-refractivity contribution in [2.75, 3.05) is 5.75 Å². The van der Waals surface area contributed by atoms with E-state index in [-0.39, 0.29) is 34.1 Å². The SMILES string of the molecule is CCS(=O)(=O)c1cc(CC#N)cnc1-c1cn2c(=O)n(C3CC3)c(C(F)(F)F)cc2n1. The molecule has 0 aromatic carbocycles. The lowest BCUT2D eigenvalue weighted by atomic mass is 10.2. The summed E-state index contributed by atoms with van der Waals surface area (Å²) < 4.78 is 67.5. The van der Waals surface area contributed by atoms with Crippen LogP contribution >= 0.6 is 0 Å². The highest BCUT2D eigenvalue weighted by molar-refractivity contribution is 7.91. The molecular weight excluding hydrogens is 435 g/mol. The fourth-order valence-electron chi connectivity index (χ4n) is 3.34. The zero-order valence-corrected chi connectivity index (χ0v) is 17.0. The summed E-state index contributed by atoms with van der Waals surface area (Å²) in [5.41, 5.74) is -2.01. The molecule has 8 nitrogen and oxygen atoms in total. The molecule has 0 saturated heterocycles. The largest absolute Gasteiger partial charge is 0.431 e. The highest BCUT2D eigenvalue weighted by Gasteiger charge is 2.40. The molecule has 12 heteroatoms. The van der Waals surface area contributed by atoms with Gasteiger partial charge in [-0.05, 0) is 24.5 Å². The number of rotatable bonds is 5. The summed E-state index contributed by atoms with van der Waals surface area (Å²) in [6.45, 7) is 1.43. The summed E-state index contributed by atoms with van der Waals surface area (Å²) in [7, 11) is -3.79. The molecule has 0 N–H and O–H groups in total. The van der Waals surface area contributed by atoms with E-state index in [1.807, 2.05) is 6.07 Å². The fraction of sp³-hybridized carbons (Fsp3) is 0.368. The average Bonchev–Trinajstić information content (AvgIpc) is 3.45. The lowest BCUT2D eigenvalue weighted by Gasteiger charge is -2.14. The molecule has 0 spiro atoms. The molecule has 0 unspecified atom stereocenters. The Bertz CT molecular complexity index is 1400. The summed E-state index contributed by atoms with van der Waals surface area (Å²) in [4.78, 5) is 20.8. The number of hydrogen-bond donors (Lipinski definition) is 0. The van der Waals surface area contributed by atoms with Crippen LogP contribution in [-0.2, 0) is 22.4 Å². The zero-order valence-electron chi connectivity index (χ0n) is 16.2. The van der Waals surface area contributed by atoms with Crippen LogP contribution in [-0.4, -0.2) is 33.1 Å². The monoisotopic (exact) mass is 451 g/mol. The van der Waals surface area contributed by atoms with Gasteiger partial charge in [0.15, 0.2) is 9.84 Å².